The Bertz CT molecular complexity index is 217. The van der Waals surface area contributed by atoms with Gasteiger partial charge in [0.05, 0.1) is 0 Å². The average Bonchev–Trinajstić information content (AvgIpc) is 2.37. The molecule has 1 rings (SSSR count). The summed E-state index contributed by atoms with van der Waals surface area (Å²) in [5.74, 6) is 1.60. The van der Waals surface area contributed by atoms with Crippen LogP contribution in [0, 0.1) is 11.8 Å². The number of nitrogens with two attached hydrogens (primary N) is 1. The first-order valence-electron chi connectivity index (χ1n) is 8.08. The summed E-state index contributed by atoms with van der Waals surface area (Å²) in [5, 5.41) is 0. The molecule has 0 bridgehead atoms. The Morgan fingerprint density at radius 3 is 2.61 bits per heavy atom. The molecule has 18 heavy (non-hydrogen) atoms. The summed E-state index contributed by atoms with van der Waals surface area (Å²) in [6, 6.07) is 1.15. The highest BCUT2D eigenvalue weighted by Crippen LogP contribution is 2.29. The Labute approximate surface area is 114 Å². The first-order chi connectivity index (χ1) is 8.58. The van der Waals surface area contributed by atoms with E-state index >= 15 is 0 Å². The van der Waals surface area contributed by atoms with E-state index in [1.165, 1.54) is 51.6 Å². The van der Waals surface area contributed by atoms with Gasteiger partial charge in [-0.3, -0.25) is 0 Å². The van der Waals surface area contributed by atoms with E-state index < -0.39 is 0 Å². The van der Waals surface area contributed by atoms with Crippen LogP contribution >= 0.6 is 0 Å². The quantitative estimate of drug-likeness (QED) is 0.751. The number of nitrogens with zero attached hydrogens (tertiary/aromatic N) is 1. The van der Waals surface area contributed by atoms with Crippen LogP contribution in [0.15, 0.2) is 0 Å². The SMILES string of the molecule is CCCCN(CC1CC(C)CCC1N)C(C)CC. The molecule has 0 radical (unpaired) electrons. The molecule has 0 aromatic carbocycles. The van der Waals surface area contributed by atoms with Gasteiger partial charge in [0.25, 0.3) is 0 Å². The van der Waals surface area contributed by atoms with Crippen molar-refractivity contribution in [3.05, 3.63) is 0 Å². The molecule has 2 nitrogen and oxygen atoms in total. The van der Waals surface area contributed by atoms with Crippen LogP contribution in [0.25, 0.3) is 0 Å². The summed E-state index contributed by atoms with van der Waals surface area (Å²) in [5.41, 5.74) is 6.33. The number of unbranched alkanes of at least 4 members (excludes halogenated alkanes) is 1. The monoisotopic (exact) mass is 254 g/mol. The molecule has 2 N–H and O–H groups in total. The van der Waals surface area contributed by atoms with Crippen LogP contribution in [0.2, 0.25) is 0 Å². The van der Waals surface area contributed by atoms with Gasteiger partial charge in [-0.15, -0.1) is 0 Å². The maximum Gasteiger partial charge on any atom is 0.00795 e. The van der Waals surface area contributed by atoms with Gasteiger partial charge in [-0.1, -0.05) is 27.2 Å². The van der Waals surface area contributed by atoms with Crippen molar-refractivity contribution in [3.63, 3.8) is 0 Å². The van der Waals surface area contributed by atoms with E-state index in [9.17, 15) is 0 Å². The van der Waals surface area contributed by atoms with Gasteiger partial charge in [0.2, 0.25) is 0 Å². The zero-order valence-corrected chi connectivity index (χ0v) is 13.0. The lowest BCUT2D eigenvalue weighted by molar-refractivity contribution is 0.127. The van der Waals surface area contributed by atoms with Crippen molar-refractivity contribution < 1.29 is 0 Å². The number of rotatable bonds is 7. The lowest BCUT2D eigenvalue weighted by Crippen LogP contribution is -2.45. The van der Waals surface area contributed by atoms with Crippen molar-refractivity contribution in [1.29, 1.82) is 0 Å². The van der Waals surface area contributed by atoms with Crippen molar-refractivity contribution in [2.24, 2.45) is 17.6 Å². The van der Waals surface area contributed by atoms with Crippen LogP contribution in [0.1, 0.15) is 66.2 Å². The van der Waals surface area contributed by atoms with Gasteiger partial charge >= 0.3 is 0 Å². The maximum absolute atomic E-state index is 6.33. The predicted molar refractivity (Wildman–Crippen MR) is 80.7 cm³/mol. The van der Waals surface area contributed by atoms with Crippen molar-refractivity contribution in [1.82, 2.24) is 4.90 Å². The summed E-state index contributed by atoms with van der Waals surface area (Å²) >= 11 is 0. The van der Waals surface area contributed by atoms with E-state index in [0.29, 0.717) is 12.1 Å². The highest BCUT2D eigenvalue weighted by molar-refractivity contribution is 4.84. The lowest BCUT2D eigenvalue weighted by atomic mass is 9.79. The second-order valence-corrected chi connectivity index (χ2v) is 6.45. The minimum absolute atomic E-state index is 0.439. The molecule has 1 fully saturated rings. The Morgan fingerprint density at radius 2 is 2.00 bits per heavy atom. The standard InChI is InChI=1S/C16H34N2/c1-5-7-10-18(14(4)6-2)12-15-11-13(3)8-9-16(15)17/h13-16H,5-12,17H2,1-4H3. The van der Waals surface area contributed by atoms with Gasteiger partial charge in [-0.05, 0) is 57.4 Å². The molecule has 0 aromatic heterocycles. The molecule has 4 atom stereocenters. The fourth-order valence-corrected chi connectivity index (χ4v) is 3.14. The Balaban J connectivity index is 2.51. The van der Waals surface area contributed by atoms with Gasteiger partial charge in [0.1, 0.15) is 0 Å². The Morgan fingerprint density at radius 1 is 1.28 bits per heavy atom. The molecular weight excluding hydrogens is 220 g/mol. The second-order valence-electron chi connectivity index (χ2n) is 6.45. The molecule has 0 aromatic rings. The molecule has 0 saturated heterocycles. The number of hydrogen-bond donors (Lipinski definition) is 1. The van der Waals surface area contributed by atoms with E-state index in [4.69, 9.17) is 5.73 Å². The topological polar surface area (TPSA) is 29.3 Å². The first-order valence-corrected chi connectivity index (χ1v) is 8.08. The Hall–Kier alpha value is -0.0800. The summed E-state index contributed by atoms with van der Waals surface area (Å²) in [6.45, 7) is 11.8. The van der Waals surface area contributed by atoms with Crippen molar-refractivity contribution >= 4 is 0 Å². The minimum Gasteiger partial charge on any atom is -0.327 e. The van der Waals surface area contributed by atoms with E-state index in [0.717, 1.165) is 11.8 Å². The van der Waals surface area contributed by atoms with Crippen LogP contribution in [0.4, 0.5) is 0 Å². The van der Waals surface area contributed by atoms with Crippen molar-refractivity contribution in [2.45, 2.75) is 78.3 Å². The molecule has 0 aliphatic heterocycles. The van der Waals surface area contributed by atoms with Crippen LogP contribution in [0.3, 0.4) is 0 Å². The molecule has 108 valence electrons. The van der Waals surface area contributed by atoms with Crippen molar-refractivity contribution in [3.8, 4) is 0 Å². The van der Waals surface area contributed by atoms with Crippen LogP contribution in [0.5, 0.6) is 0 Å². The highest BCUT2D eigenvalue weighted by atomic mass is 15.1. The molecular formula is C16H34N2. The molecule has 4 unspecified atom stereocenters. The van der Waals surface area contributed by atoms with E-state index in [2.05, 4.69) is 32.6 Å². The molecule has 0 amide bonds. The van der Waals surface area contributed by atoms with Gasteiger partial charge in [-0.25, -0.2) is 0 Å². The van der Waals surface area contributed by atoms with E-state index in [1.54, 1.807) is 0 Å². The summed E-state index contributed by atoms with van der Waals surface area (Å²) in [7, 11) is 0. The second kappa shape index (κ2) is 8.16. The fraction of sp³-hybridized carbons (Fsp3) is 1.00. The smallest absolute Gasteiger partial charge is 0.00795 e. The minimum atomic E-state index is 0.439. The van der Waals surface area contributed by atoms with Gasteiger partial charge in [-0.2, -0.15) is 0 Å². The van der Waals surface area contributed by atoms with Crippen LogP contribution in [-0.2, 0) is 0 Å². The van der Waals surface area contributed by atoms with Crippen molar-refractivity contribution in [2.75, 3.05) is 13.1 Å². The summed E-state index contributed by atoms with van der Waals surface area (Å²) in [6.07, 6.45) is 7.76. The van der Waals surface area contributed by atoms with E-state index in [-0.39, 0.29) is 0 Å². The zero-order valence-electron chi connectivity index (χ0n) is 13.0. The molecule has 0 spiro atoms. The normalized spacial score (nSPS) is 30.7. The summed E-state index contributed by atoms with van der Waals surface area (Å²) in [4.78, 5) is 2.69. The maximum atomic E-state index is 6.33. The molecule has 2 heteroatoms. The lowest BCUT2D eigenvalue weighted by Gasteiger charge is -2.38. The highest BCUT2D eigenvalue weighted by Gasteiger charge is 2.28. The average molecular weight is 254 g/mol. The van der Waals surface area contributed by atoms with Gasteiger partial charge in [0, 0.05) is 18.6 Å². The van der Waals surface area contributed by atoms with Gasteiger partial charge in [0.15, 0.2) is 0 Å². The Kier molecular flexibility index (Phi) is 7.25. The molecule has 1 aliphatic carbocycles. The third-order valence-corrected chi connectivity index (χ3v) is 4.79. The predicted octanol–water partition coefficient (Wildman–Crippen LogP) is 3.65. The van der Waals surface area contributed by atoms with Gasteiger partial charge < -0.3 is 10.6 Å². The van der Waals surface area contributed by atoms with E-state index in [1.807, 2.05) is 0 Å². The molecule has 1 aliphatic rings. The van der Waals surface area contributed by atoms with Crippen LogP contribution < -0.4 is 5.73 Å². The largest absolute Gasteiger partial charge is 0.327 e. The van der Waals surface area contributed by atoms with Crippen LogP contribution in [-0.4, -0.2) is 30.1 Å². The summed E-state index contributed by atoms with van der Waals surface area (Å²) < 4.78 is 0. The molecule has 0 heterocycles. The first kappa shape index (κ1) is 16.0. The third kappa shape index (κ3) is 4.89. The third-order valence-electron chi connectivity index (χ3n) is 4.79. The number of hydrogen-bond acceptors (Lipinski definition) is 2. The fourth-order valence-electron chi connectivity index (χ4n) is 3.14. The zero-order chi connectivity index (χ0) is 13.5. The molecule has 1 saturated carbocycles.